The van der Waals surface area contributed by atoms with Crippen LogP contribution in [0.5, 0.6) is 0 Å². The van der Waals surface area contributed by atoms with Crippen molar-refractivity contribution < 1.29 is 0 Å². The molecule has 7 rings (SSSR count). The highest BCUT2D eigenvalue weighted by Crippen LogP contribution is 3.52. The van der Waals surface area contributed by atoms with Crippen LogP contribution in [0.3, 0.4) is 0 Å². The molecule has 2 saturated carbocycles. The largest absolute Gasteiger partial charge is 0.245 e. The van der Waals surface area contributed by atoms with Gasteiger partial charge in [0.15, 0.2) is 0 Å². The Hall–Kier alpha value is 1.68. The molecule has 128 valence electrons. The zero-order valence-corrected chi connectivity index (χ0v) is 19.0. The minimum Gasteiger partial charge on any atom is -0.245 e. The first-order valence-corrected chi connectivity index (χ1v) is 16.5. The van der Waals surface area contributed by atoms with Crippen LogP contribution in [-0.4, -0.2) is 19.3 Å². The fraction of sp³-hybridized carbons (Fsp3) is 1.00. The summed E-state index contributed by atoms with van der Waals surface area (Å²) >= 11 is 0. The van der Waals surface area contributed by atoms with Gasteiger partial charge in [-0.3, -0.25) is 0 Å². The van der Waals surface area contributed by atoms with Crippen LogP contribution in [0, 0.1) is 10.8 Å². The number of nitrogens with zero attached hydrogens (tertiary/aromatic N) is 1. The van der Waals surface area contributed by atoms with E-state index in [2.05, 4.69) is 39.1 Å². The van der Waals surface area contributed by atoms with Crippen LogP contribution in [0.25, 0.3) is 0 Å². The first-order valence-electron chi connectivity index (χ1n) is 9.78. The van der Waals surface area contributed by atoms with Crippen LogP contribution in [0.4, 0.5) is 0 Å². The quantitative estimate of drug-likeness (QED) is 0.433. The second kappa shape index (κ2) is 4.07. The molecule has 0 radical (unpaired) electrons. The summed E-state index contributed by atoms with van der Waals surface area (Å²) < 4.78 is 5.24. The third-order valence-electron chi connectivity index (χ3n) is 8.03. The van der Waals surface area contributed by atoms with Crippen molar-refractivity contribution >= 4 is 30.7 Å². The van der Waals surface area contributed by atoms with Gasteiger partial charge in [-0.25, -0.2) is 4.44 Å². The zero-order chi connectivity index (χ0) is 16.0. The Bertz CT molecular complexity index is 545. The molecule has 5 heteroatoms. The molecule has 2 unspecified atom stereocenters. The van der Waals surface area contributed by atoms with E-state index < -0.39 is 0 Å². The highest BCUT2D eigenvalue weighted by molar-refractivity contribution is 8.83. The van der Waals surface area contributed by atoms with E-state index >= 15 is 0 Å². The van der Waals surface area contributed by atoms with Gasteiger partial charge in [-0.15, -0.1) is 0 Å². The topological polar surface area (TPSA) is 3.24 Å². The van der Waals surface area contributed by atoms with Crippen LogP contribution in [0.1, 0.15) is 86.0 Å². The third-order valence-corrected chi connectivity index (χ3v) is 37.0. The molecule has 7 fully saturated rings. The summed E-state index contributed by atoms with van der Waals surface area (Å²) in [7, 11) is 1.49. The van der Waals surface area contributed by atoms with Gasteiger partial charge >= 0.3 is 0 Å². The molecule has 2 bridgehead atoms. The molecule has 2 atom stereocenters. The van der Waals surface area contributed by atoms with Gasteiger partial charge in [0.2, 0.25) is 0 Å². The van der Waals surface area contributed by atoms with Gasteiger partial charge in [0, 0.05) is 21.1 Å². The average molecular weight is 385 g/mol. The number of rotatable bonds is 2. The number of hydrogen-bond donors (Lipinski definition) is 0. The molecule has 5 aliphatic heterocycles. The normalized spacial score (nSPS) is 57.3. The molecule has 0 amide bonds. The Kier molecular flexibility index (Phi) is 2.78. The smallest absolute Gasteiger partial charge is 0.0658 e. The lowest BCUT2D eigenvalue weighted by Gasteiger charge is -2.49. The molecule has 0 aromatic heterocycles. The highest BCUT2D eigenvalue weighted by Gasteiger charge is 3.12. The van der Waals surface area contributed by atoms with E-state index in [1.54, 1.807) is 51.4 Å². The Labute approximate surface area is 147 Å². The zero-order valence-electron chi connectivity index (χ0n) is 15.4. The van der Waals surface area contributed by atoms with E-state index in [1.165, 1.54) is 0 Å². The van der Waals surface area contributed by atoms with E-state index in [4.69, 9.17) is 0 Å². The average Bonchev–Trinajstić information content (AvgIpc) is 2.93. The molecule has 0 aromatic carbocycles. The predicted octanol–water partition coefficient (Wildman–Crippen LogP) is 8.20. The van der Waals surface area contributed by atoms with Gasteiger partial charge < -0.3 is 0 Å². The summed E-state index contributed by atoms with van der Waals surface area (Å²) in [5.41, 5.74) is 2.07. The molecule has 7 aliphatic rings. The molecule has 5 saturated heterocycles. The third kappa shape index (κ3) is 1.32. The van der Waals surface area contributed by atoms with Gasteiger partial charge in [0.05, 0.1) is 9.28 Å². The van der Waals surface area contributed by atoms with Gasteiger partial charge in [0.25, 0.3) is 0 Å². The second-order valence-electron chi connectivity index (χ2n) is 10.5. The number of hydrogen-bond acceptors (Lipinski definition) is 1. The summed E-state index contributed by atoms with van der Waals surface area (Å²) in [5.74, 6) is 0. The molecule has 23 heavy (non-hydrogen) atoms. The summed E-state index contributed by atoms with van der Waals surface area (Å²) in [5, 5.41) is 0. The first-order chi connectivity index (χ1) is 10.8. The Balaban J connectivity index is 1.46. The summed E-state index contributed by atoms with van der Waals surface area (Å²) in [6.07, 6.45) is 12.6. The van der Waals surface area contributed by atoms with Crippen LogP contribution < -0.4 is 0 Å². The van der Waals surface area contributed by atoms with E-state index in [9.17, 15) is 0 Å². The highest BCUT2D eigenvalue weighted by atomic mass is 32.3. The molecule has 2 aliphatic carbocycles. The van der Waals surface area contributed by atoms with Crippen molar-refractivity contribution in [2.24, 2.45) is 10.8 Å². The fourth-order valence-corrected chi connectivity index (χ4v) is 56.3. The Morgan fingerprint density at radius 3 is 1.35 bits per heavy atom. The molecule has 1 nitrogen and oxygen atoms in total. The SMILES string of the molecule is CC(C)(C)N1P2P3C2(C2(C)CCCC2)P2P1C32C1(C)CCCC1. The van der Waals surface area contributed by atoms with Gasteiger partial charge in [0.1, 0.15) is 0 Å². The van der Waals surface area contributed by atoms with Gasteiger partial charge in [-0.05, 0) is 72.5 Å². The maximum atomic E-state index is 3.25. The minimum atomic E-state index is 0.315. The second-order valence-corrected chi connectivity index (χ2v) is 24.8. The van der Waals surface area contributed by atoms with Crippen LogP contribution in [0.15, 0.2) is 0 Å². The molecular formula is C18H31NP4. The first kappa shape index (κ1) is 15.7. The van der Waals surface area contributed by atoms with E-state index in [0.29, 0.717) is 36.3 Å². The maximum absolute atomic E-state index is 3.25. The monoisotopic (exact) mass is 385 g/mol. The summed E-state index contributed by atoms with van der Waals surface area (Å²) in [6.45, 7) is 13.2. The van der Waals surface area contributed by atoms with Crippen molar-refractivity contribution in [1.82, 2.24) is 4.44 Å². The Morgan fingerprint density at radius 2 is 1.04 bits per heavy atom. The van der Waals surface area contributed by atoms with Crippen molar-refractivity contribution in [2.45, 2.75) is 101 Å². The van der Waals surface area contributed by atoms with Crippen molar-refractivity contribution in [3.05, 3.63) is 0 Å². The molecule has 0 aromatic rings. The van der Waals surface area contributed by atoms with Crippen molar-refractivity contribution in [1.29, 1.82) is 0 Å². The van der Waals surface area contributed by atoms with Crippen molar-refractivity contribution in [2.75, 3.05) is 0 Å². The lowest BCUT2D eigenvalue weighted by atomic mass is 9.90. The Morgan fingerprint density at radius 1 is 0.696 bits per heavy atom. The lowest BCUT2D eigenvalue weighted by molar-refractivity contribution is 0.311. The van der Waals surface area contributed by atoms with Crippen LogP contribution in [-0.2, 0) is 0 Å². The van der Waals surface area contributed by atoms with Crippen LogP contribution in [0.2, 0.25) is 0 Å². The van der Waals surface area contributed by atoms with E-state index in [0.717, 1.165) is 20.1 Å². The van der Waals surface area contributed by atoms with Crippen molar-refractivity contribution in [3.63, 3.8) is 0 Å². The predicted molar refractivity (Wildman–Crippen MR) is 108 cm³/mol. The van der Waals surface area contributed by atoms with Gasteiger partial charge in [-0.1, -0.05) is 39.5 Å². The fourth-order valence-electron chi connectivity index (χ4n) is 6.98. The standard InChI is InChI=1S/C18H31NP4/c1-14(2,3)19-22-17(15(4)10-6-7-11-15)20(22)18(21(17)23(18)19)16(5)12-8-9-13-16/h6-13H2,1-5H3. The molecule has 5 heterocycles. The maximum Gasteiger partial charge on any atom is 0.0658 e. The summed E-state index contributed by atoms with van der Waals surface area (Å²) in [4.78, 5) is 0. The minimum absolute atomic E-state index is 0.315. The lowest BCUT2D eigenvalue weighted by Crippen LogP contribution is -2.42. The van der Waals surface area contributed by atoms with Crippen molar-refractivity contribution in [3.8, 4) is 0 Å². The van der Waals surface area contributed by atoms with E-state index in [-0.39, 0.29) is 0 Å². The van der Waals surface area contributed by atoms with E-state index in [1.807, 2.05) is 0 Å². The molecular weight excluding hydrogens is 354 g/mol. The molecule has 0 N–H and O–H groups in total. The van der Waals surface area contributed by atoms with Gasteiger partial charge in [-0.2, -0.15) is 0 Å². The van der Waals surface area contributed by atoms with Crippen LogP contribution >= 0.6 is 30.7 Å². The summed E-state index contributed by atoms with van der Waals surface area (Å²) in [6, 6.07) is 0. The molecule has 0 spiro atoms.